The van der Waals surface area contributed by atoms with E-state index in [9.17, 15) is 20.2 Å². The van der Waals surface area contributed by atoms with Crippen LogP contribution in [0.1, 0.15) is 82.1 Å². The van der Waals surface area contributed by atoms with Gasteiger partial charge in [-0.25, -0.2) is 6.17 Å². The normalized spacial score (nSPS) is 10.9. The SMILES string of the molecule is CC([N-]c1ccc([N+](=O)[O-])cc1)[N-]c1ccc([N+](=O)[O-])cc1.CCC(C)(C)[N]=[Mo]=[N]C(C)(C)CC.C[C-](C)C. The first kappa shape index (κ1) is 36.1. The summed E-state index contributed by atoms with van der Waals surface area (Å²) in [6.07, 6.45) is 1.81. The molecule has 0 bridgehead atoms. The Morgan fingerprint density at radius 2 is 1.05 bits per heavy atom. The Morgan fingerprint density at radius 3 is 1.28 bits per heavy atom. The molecular weight excluding hydrogens is 580 g/mol. The van der Waals surface area contributed by atoms with Gasteiger partial charge in [-0.15, -0.1) is 11.4 Å². The predicted octanol–water partition coefficient (Wildman–Crippen LogP) is 9.99. The first-order valence-electron chi connectivity index (χ1n) is 12.8. The van der Waals surface area contributed by atoms with Crippen molar-refractivity contribution in [1.29, 1.82) is 0 Å². The van der Waals surface area contributed by atoms with Crippen molar-refractivity contribution < 1.29 is 28.0 Å². The maximum Gasteiger partial charge on any atom is -0.189 e. The van der Waals surface area contributed by atoms with Crippen molar-refractivity contribution in [2.45, 2.75) is 99.3 Å². The number of nitro groups is 2. The summed E-state index contributed by atoms with van der Waals surface area (Å²) >= 11 is -0.492. The third-order valence-electron chi connectivity index (χ3n) is 5.10. The molecule has 39 heavy (non-hydrogen) atoms. The average molecular weight is 624 g/mol. The van der Waals surface area contributed by atoms with Gasteiger partial charge in [0.1, 0.15) is 0 Å². The summed E-state index contributed by atoms with van der Waals surface area (Å²) in [6, 6.07) is 11.7. The van der Waals surface area contributed by atoms with E-state index in [1.165, 1.54) is 30.2 Å². The van der Waals surface area contributed by atoms with Crippen LogP contribution in [0.25, 0.3) is 10.6 Å². The predicted molar refractivity (Wildman–Crippen MR) is 156 cm³/mol. The largest absolute Gasteiger partial charge is 0.323 e. The van der Waals surface area contributed by atoms with Crippen LogP contribution < -0.4 is 0 Å². The van der Waals surface area contributed by atoms with Gasteiger partial charge in [0.25, 0.3) is 11.4 Å². The van der Waals surface area contributed by atoms with Crippen LogP contribution in [0, 0.1) is 26.1 Å². The van der Waals surface area contributed by atoms with Crippen molar-refractivity contribution in [2.24, 2.45) is 6.99 Å². The average Bonchev–Trinajstić information content (AvgIpc) is 2.84. The summed E-state index contributed by atoms with van der Waals surface area (Å²) in [5, 5.41) is 29.7. The summed E-state index contributed by atoms with van der Waals surface area (Å²) in [4.78, 5) is 20.2. The molecule has 0 aromatic heterocycles. The van der Waals surface area contributed by atoms with E-state index in [1.54, 1.807) is 31.2 Å². The van der Waals surface area contributed by atoms with Crippen LogP contribution in [0.15, 0.2) is 55.5 Å². The number of hydrogen-bond acceptors (Lipinski definition) is 6. The molecule has 218 valence electrons. The fourth-order valence-electron chi connectivity index (χ4n) is 2.15. The zero-order valence-corrected chi connectivity index (χ0v) is 26.8. The number of nitrogens with zero attached hydrogens (tertiary/aromatic N) is 6. The monoisotopic (exact) mass is 625 g/mol. The first-order valence-corrected chi connectivity index (χ1v) is 14.6. The fourth-order valence-corrected chi connectivity index (χ4v) is 3.97. The van der Waals surface area contributed by atoms with Gasteiger partial charge < -0.3 is 16.6 Å². The van der Waals surface area contributed by atoms with E-state index in [0.717, 1.165) is 12.8 Å². The first-order chi connectivity index (χ1) is 18.0. The van der Waals surface area contributed by atoms with E-state index in [0.29, 0.717) is 11.4 Å². The van der Waals surface area contributed by atoms with Crippen LogP contribution in [0.3, 0.4) is 0 Å². The molecule has 0 N–H and O–H groups in total. The van der Waals surface area contributed by atoms with E-state index in [1.807, 2.05) is 0 Å². The van der Waals surface area contributed by atoms with Crippen LogP contribution in [0.2, 0.25) is 0 Å². The molecule has 11 heteroatoms. The summed E-state index contributed by atoms with van der Waals surface area (Å²) in [5.41, 5.74) is 1.44. The summed E-state index contributed by atoms with van der Waals surface area (Å²) in [5.74, 6) is 1.42. The Labute approximate surface area is 241 Å². The van der Waals surface area contributed by atoms with Crippen molar-refractivity contribution in [3.05, 3.63) is 85.3 Å². The molecule has 0 heterocycles. The second-order valence-corrected chi connectivity index (χ2v) is 11.8. The minimum atomic E-state index is -0.492. The van der Waals surface area contributed by atoms with Gasteiger partial charge in [-0.3, -0.25) is 20.2 Å². The number of nitro benzene ring substituents is 2. The maximum absolute atomic E-state index is 10.6. The second-order valence-electron chi connectivity index (χ2n) is 10.5. The molecule has 2 aromatic rings. The molecule has 0 fully saturated rings. The van der Waals surface area contributed by atoms with Gasteiger partial charge >= 0.3 is 90.7 Å². The quantitative estimate of drug-likeness (QED) is 0.112. The van der Waals surface area contributed by atoms with Crippen LogP contribution in [-0.2, 0) is 18.2 Å². The molecule has 0 aliphatic carbocycles. The topological polar surface area (TPSA) is 139 Å². The zero-order valence-electron chi connectivity index (χ0n) is 24.8. The number of rotatable bonds is 10. The van der Waals surface area contributed by atoms with Gasteiger partial charge in [0.2, 0.25) is 0 Å². The van der Waals surface area contributed by atoms with Gasteiger partial charge in [-0.05, 0) is 0 Å². The Morgan fingerprint density at radius 1 is 0.769 bits per heavy atom. The molecular formula is C28H43MoN6O4-3. The number of hydrogen-bond donors (Lipinski definition) is 0. The fraction of sp³-hybridized carbons (Fsp3) is 0.536. The number of non-ortho nitro benzene ring substituents is 2. The molecule has 0 aliphatic heterocycles. The van der Waals surface area contributed by atoms with Crippen LogP contribution in [0.4, 0.5) is 22.7 Å². The van der Waals surface area contributed by atoms with Gasteiger partial charge in [-0.1, -0.05) is 31.2 Å². The maximum atomic E-state index is 10.6. The minimum Gasteiger partial charge on any atom is -0.323 e. The second kappa shape index (κ2) is 17.7. The molecule has 0 spiro atoms. The number of benzene rings is 2. The summed E-state index contributed by atoms with van der Waals surface area (Å²) in [6.45, 7) is 21.1. The Bertz CT molecular complexity index is 998. The Balaban J connectivity index is 0.000000722. The smallest absolute Gasteiger partial charge is 0.189 e. The molecule has 0 atom stereocenters. The molecule has 0 saturated heterocycles. The zero-order chi connectivity index (χ0) is 30.2. The molecule has 0 unspecified atom stereocenters. The van der Waals surface area contributed by atoms with Crippen LogP contribution in [-0.4, -0.2) is 27.1 Å². The molecule has 0 saturated carbocycles. The Kier molecular flexibility index (Phi) is 16.4. The van der Waals surface area contributed by atoms with Crippen molar-refractivity contribution in [3.63, 3.8) is 0 Å². The molecule has 10 nitrogen and oxygen atoms in total. The minimum absolute atomic E-state index is 0.00101. The molecule has 2 rings (SSSR count). The Hall–Kier alpha value is -2.87. The summed E-state index contributed by atoms with van der Waals surface area (Å²) in [7, 11) is 0. The van der Waals surface area contributed by atoms with E-state index >= 15 is 0 Å². The van der Waals surface area contributed by atoms with E-state index in [2.05, 4.69) is 79.9 Å². The van der Waals surface area contributed by atoms with Crippen molar-refractivity contribution in [2.75, 3.05) is 0 Å². The molecule has 0 amide bonds. The van der Waals surface area contributed by atoms with Gasteiger partial charge in [-0.2, -0.15) is 20.8 Å². The third kappa shape index (κ3) is 17.4. The van der Waals surface area contributed by atoms with Crippen LogP contribution in [0.5, 0.6) is 0 Å². The molecule has 0 radical (unpaired) electrons. The van der Waals surface area contributed by atoms with Crippen molar-refractivity contribution in [3.8, 4) is 0 Å². The van der Waals surface area contributed by atoms with Gasteiger partial charge in [0.15, 0.2) is 0 Å². The van der Waals surface area contributed by atoms with Crippen molar-refractivity contribution in [1.82, 2.24) is 0 Å². The standard InChI is InChI=1S/C14H12N4O4.2C5H11N.C4H9.Mo/c1-10(15-11-2-6-13(7-3-11)17(19)20)16-12-4-8-14(9-5-12)18(21)22;2*1-4-5(2,3)6;1-4(2)3;/h2-10H,1H3;2*4H2,1-3H3;1-3H3;/q-2;;;-1;. The summed E-state index contributed by atoms with van der Waals surface area (Å²) < 4.78 is 9.34. The van der Waals surface area contributed by atoms with Gasteiger partial charge in [0, 0.05) is 24.3 Å². The molecule has 0 aliphatic rings. The van der Waals surface area contributed by atoms with E-state index < -0.39 is 34.2 Å². The van der Waals surface area contributed by atoms with E-state index in [4.69, 9.17) is 0 Å². The third-order valence-corrected chi connectivity index (χ3v) is 7.93. The van der Waals surface area contributed by atoms with Crippen LogP contribution >= 0.6 is 0 Å². The van der Waals surface area contributed by atoms with Crippen molar-refractivity contribution >= 4 is 22.7 Å². The van der Waals surface area contributed by atoms with Gasteiger partial charge in [0.05, 0.1) is 9.85 Å². The molecule has 2 aromatic carbocycles. The van der Waals surface area contributed by atoms with E-state index in [-0.39, 0.29) is 22.5 Å².